The molecule has 2 aromatic carbocycles. The predicted molar refractivity (Wildman–Crippen MR) is 89.3 cm³/mol. The first-order valence-corrected chi connectivity index (χ1v) is 7.51. The van der Waals surface area contributed by atoms with E-state index in [-0.39, 0.29) is 11.9 Å². The minimum atomic E-state index is -0.235. The number of nitrogen functional groups attached to an aromatic ring is 1. The van der Waals surface area contributed by atoms with Crippen LogP contribution in [0.25, 0.3) is 0 Å². The molecule has 1 unspecified atom stereocenters. The molecule has 2 aromatic rings. The fourth-order valence-corrected chi connectivity index (χ4v) is 2.38. The van der Waals surface area contributed by atoms with Gasteiger partial charge in [-0.05, 0) is 42.8 Å². The van der Waals surface area contributed by atoms with Crippen LogP contribution in [0.15, 0.2) is 46.9 Å². The summed E-state index contributed by atoms with van der Waals surface area (Å²) in [4.78, 5) is 12.4. The van der Waals surface area contributed by atoms with E-state index in [1.807, 2.05) is 31.2 Å². The summed E-state index contributed by atoms with van der Waals surface area (Å²) >= 11 is 9.32. The number of hydrogen-bond acceptors (Lipinski definition) is 3. The molecule has 0 aromatic heterocycles. The van der Waals surface area contributed by atoms with Gasteiger partial charge in [-0.2, -0.15) is 0 Å². The SMILES string of the molecule is CC(NC(=O)c1cc(Cl)ccc1NN)c1ccc(Br)cc1. The summed E-state index contributed by atoms with van der Waals surface area (Å²) in [6.07, 6.45) is 0. The Kier molecular flexibility index (Phi) is 5.22. The molecule has 0 saturated carbocycles. The minimum absolute atomic E-state index is 0.129. The van der Waals surface area contributed by atoms with Gasteiger partial charge in [0.1, 0.15) is 0 Å². The lowest BCUT2D eigenvalue weighted by molar-refractivity contribution is 0.0940. The first-order chi connectivity index (χ1) is 10.0. The number of hydrazine groups is 1. The second-order valence-corrected chi connectivity index (χ2v) is 5.93. The van der Waals surface area contributed by atoms with E-state index in [0.717, 1.165) is 10.0 Å². The Morgan fingerprint density at radius 1 is 1.24 bits per heavy atom. The molecule has 4 N–H and O–H groups in total. The van der Waals surface area contributed by atoms with Crippen LogP contribution in [0.4, 0.5) is 5.69 Å². The molecule has 0 fully saturated rings. The normalized spacial score (nSPS) is 11.8. The molecule has 4 nitrogen and oxygen atoms in total. The highest BCUT2D eigenvalue weighted by atomic mass is 79.9. The van der Waals surface area contributed by atoms with Crippen molar-refractivity contribution in [1.82, 2.24) is 5.32 Å². The summed E-state index contributed by atoms with van der Waals surface area (Å²) < 4.78 is 0.995. The lowest BCUT2D eigenvalue weighted by atomic mass is 10.1. The van der Waals surface area contributed by atoms with Crippen LogP contribution < -0.4 is 16.6 Å². The first-order valence-electron chi connectivity index (χ1n) is 6.33. The van der Waals surface area contributed by atoms with Crippen molar-refractivity contribution in [3.05, 3.63) is 63.1 Å². The minimum Gasteiger partial charge on any atom is -0.345 e. The maximum atomic E-state index is 12.4. The largest absolute Gasteiger partial charge is 0.345 e. The molecule has 0 spiro atoms. The van der Waals surface area contributed by atoms with E-state index in [4.69, 9.17) is 17.4 Å². The van der Waals surface area contributed by atoms with Crippen molar-refractivity contribution in [3.63, 3.8) is 0 Å². The van der Waals surface area contributed by atoms with Gasteiger partial charge in [0.2, 0.25) is 0 Å². The number of nitrogens with one attached hydrogen (secondary N) is 2. The van der Waals surface area contributed by atoms with Crippen LogP contribution in [0.5, 0.6) is 0 Å². The zero-order valence-corrected chi connectivity index (χ0v) is 13.7. The average Bonchev–Trinajstić information content (AvgIpc) is 2.47. The molecule has 0 radical (unpaired) electrons. The van der Waals surface area contributed by atoms with E-state index in [9.17, 15) is 4.79 Å². The highest BCUT2D eigenvalue weighted by Gasteiger charge is 2.15. The van der Waals surface area contributed by atoms with Gasteiger partial charge < -0.3 is 10.7 Å². The van der Waals surface area contributed by atoms with Crippen LogP contribution >= 0.6 is 27.5 Å². The van der Waals surface area contributed by atoms with Gasteiger partial charge >= 0.3 is 0 Å². The quantitative estimate of drug-likeness (QED) is 0.567. The Bertz CT molecular complexity index is 646. The summed E-state index contributed by atoms with van der Waals surface area (Å²) in [7, 11) is 0. The van der Waals surface area contributed by atoms with Crippen molar-refractivity contribution in [3.8, 4) is 0 Å². The molecule has 0 aliphatic carbocycles. The number of amides is 1. The number of nitrogens with two attached hydrogens (primary N) is 1. The van der Waals surface area contributed by atoms with Crippen LogP contribution in [0.1, 0.15) is 28.9 Å². The smallest absolute Gasteiger partial charge is 0.253 e. The standard InChI is InChI=1S/C15H15BrClN3O/c1-9(10-2-4-11(16)5-3-10)19-15(21)13-8-12(17)6-7-14(13)20-18/h2-9,20H,18H2,1H3,(H,19,21). The summed E-state index contributed by atoms with van der Waals surface area (Å²) in [5.74, 6) is 5.18. The Hall–Kier alpha value is -1.56. The molecule has 0 heterocycles. The fraction of sp³-hybridized carbons (Fsp3) is 0.133. The predicted octanol–water partition coefficient (Wildman–Crippen LogP) is 3.88. The molecule has 21 heavy (non-hydrogen) atoms. The van der Waals surface area contributed by atoms with Gasteiger partial charge in [0, 0.05) is 9.50 Å². The third-order valence-corrected chi connectivity index (χ3v) is 3.86. The summed E-state index contributed by atoms with van der Waals surface area (Å²) in [6.45, 7) is 1.92. The number of carbonyl (C=O) groups is 1. The molecule has 0 aliphatic heterocycles. The van der Waals surface area contributed by atoms with Crippen molar-refractivity contribution < 1.29 is 4.79 Å². The molecule has 1 atom stereocenters. The highest BCUT2D eigenvalue weighted by molar-refractivity contribution is 9.10. The van der Waals surface area contributed by atoms with Gasteiger partial charge in [-0.25, -0.2) is 0 Å². The monoisotopic (exact) mass is 367 g/mol. The third-order valence-electron chi connectivity index (χ3n) is 3.10. The third kappa shape index (κ3) is 3.97. The van der Waals surface area contributed by atoms with Gasteiger partial charge in [-0.3, -0.25) is 10.6 Å². The number of benzene rings is 2. The number of anilines is 1. The van der Waals surface area contributed by atoms with Crippen LogP contribution in [-0.4, -0.2) is 5.91 Å². The van der Waals surface area contributed by atoms with Crippen molar-refractivity contribution in [2.24, 2.45) is 5.84 Å². The Labute approximate surface area is 136 Å². The van der Waals surface area contributed by atoms with Crippen LogP contribution in [0, 0.1) is 0 Å². The molecular weight excluding hydrogens is 354 g/mol. The van der Waals surface area contributed by atoms with Gasteiger partial charge in [0.05, 0.1) is 17.3 Å². The number of rotatable bonds is 4. The topological polar surface area (TPSA) is 67.2 Å². The summed E-state index contributed by atoms with van der Waals surface area (Å²) in [5.41, 5.74) is 4.45. The fourth-order valence-electron chi connectivity index (χ4n) is 1.94. The zero-order chi connectivity index (χ0) is 15.4. The van der Waals surface area contributed by atoms with Crippen molar-refractivity contribution in [2.45, 2.75) is 13.0 Å². The Morgan fingerprint density at radius 2 is 1.90 bits per heavy atom. The van der Waals surface area contributed by atoms with Crippen molar-refractivity contribution >= 4 is 39.1 Å². The molecule has 6 heteroatoms. The highest BCUT2D eigenvalue weighted by Crippen LogP contribution is 2.22. The van der Waals surface area contributed by atoms with Gasteiger partial charge in [-0.1, -0.05) is 39.7 Å². The molecule has 1 amide bonds. The van der Waals surface area contributed by atoms with Crippen LogP contribution in [-0.2, 0) is 0 Å². The van der Waals surface area contributed by atoms with E-state index in [0.29, 0.717) is 16.3 Å². The lowest BCUT2D eigenvalue weighted by Crippen LogP contribution is -2.28. The Morgan fingerprint density at radius 3 is 2.52 bits per heavy atom. The average molecular weight is 369 g/mol. The van der Waals surface area contributed by atoms with Gasteiger partial charge in [0.25, 0.3) is 5.91 Å². The van der Waals surface area contributed by atoms with E-state index in [2.05, 4.69) is 26.7 Å². The molecule has 2 rings (SSSR count). The molecule has 0 saturated heterocycles. The summed E-state index contributed by atoms with van der Waals surface area (Å²) in [6, 6.07) is 12.6. The Balaban J connectivity index is 2.17. The number of halogens is 2. The lowest BCUT2D eigenvalue weighted by Gasteiger charge is -2.16. The number of carbonyl (C=O) groups excluding carboxylic acids is 1. The van der Waals surface area contributed by atoms with Crippen molar-refractivity contribution in [2.75, 3.05) is 5.43 Å². The van der Waals surface area contributed by atoms with Crippen LogP contribution in [0.3, 0.4) is 0 Å². The van der Waals surface area contributed by atoms with Gasteiger partial charge in [0.15, 0.2) is 0 Å². The van der Waals surface area contributed by atoms with Crippen LogP contribution in [0.2, 0.25) is 5.02 Å². The number of hydrogen-bond donors (Lipinski definition) is 3. The maximum Gasteiger partial charge on any atom is 0.253 e. The van der Waals surface area contributed by atoms with E-state index < -0.39 is 0 Å². The second kappa shape index (κ2) is 6.93. The first kappa shape index (κ1) is 15.8. The molecule has 110 valence electrons. The molecular formula is C15H15BrClN3O. The van der Waals surface area contributed by atoms with E-state index in [1.54, 1.807) is 18.2 Å². The maximum absolute atomic E-state index is 12.4. The summed E-state index contributed by atoms with van der Waals surface area (Å²) in [5, 5.41) is 3.41. The zero-order valence-electron chi connectivity index (χ0n) is 11.4. The van der Waals surface area contributed by atoms with Crippen molar-refractivity contribution in [1.29, 1.82) is 0 Å². The second-order valence-electron chi connectivity index (χ2n) is 4.58. The molecule has 0 bridgehead atoms. The molecule has 0 aliphatic rings. The van der Waals surface area contributed by atoms with Gasteiger partial charge in [-0.15, -0.1) is 0 Å². The van der Waals surface area contributed by atoms with E-state index in [1.165, 1.54) is 0 Å². The van der Waals surface area contributed by atoms with E-state index >= 15 is 0 Å².